The van der Waals surface area contributed by atoms with Gasteiger partial charge in [0.05, 0.1) is 10.5 Å². The van der Waals surface area contributed by atoms with E-state index < -0.39 is 10.8 Å². The highest BCUT2D eigenvalue weighted by molar-refractivity contribution is 6.08. The number of hydrogen-bond acceptors (Lipinski definition) is 4. The highest BCUT2D eigenvalue weighted by atomic mass is 16.6. The van der Waals surface area contributed by atoms with Gasteiger partial charge in [0, 0.05) is 24.9 Å². The lowest BCUT2D eigenvalue weighted by atomic mass is 10.1. The molecule has 0 spiro atoms. The van der Waals surface area contributed by atoms with E-state index in [1.54, 1.807) is 31.3 Å². The average Bonchev–Trinajstić information content (AvgIpc) is 2.68. The second kappa shape index (κ2) is 7.70. The molecule has 0 heterocycles. The Morgan fingerprint density at radius 2 is 1.67 bits per heavy atom. The Balaban J connectivity index is 1.99. The lowest BCUT2D eigenvalue weighted by Crippen LogP contribution is -2.26. The molecule has 0 aliphatic rings. The van der Waals surface area contributed by atoms with Crippen LogP contribution in [0.25, 0.3) is 0 Å². The summed E-state index contributed by atoms with van der Waals surface area (Å²) in [5.74, 6) is 0.405. The molecular formula is C21H18N2O4. The van der Waals surface area contributed by atoms with Crippen molar-refractivity contribution in [3.63, 3.8) is 0 Å². The van der Waals surface area contributed by atoms with Gasteiger partial charge in [-0.25, -0.2) is 0 Å². The van der Waals surface area contributed by atoms with E-state index >= 15 is 0 Å². The first-order valence-electron chi connectivity index (χ1n) is 8.32. The Bertz CT molecular complexity index is 969. The van der Waals surface area contributed by atoms with Gasteiger partial charge >= 0.3 is 0 Å². The minimum atomic E-state index is -0.533. The number of nitro benzene ring substituents is 1. The molecule has 0 unspecified atom stereocenters. The number of anilines is 1. The highest BCUT2D eigenvalue weighted by Crippen LogP contribution is 2.30. The molecule has 0 bridgehead atoms. The number of nitrogens with zero attached hydrogens (tertiary/aromatic N) is 2. The van der Waals surface area contributed by atoms with Crippen LogP contribution in [-0.4, -0.2) is 17.9 Å². The van der Waals surface area contributed by atoms with Crippen LogP contribution in [0.1, 0.15) is 15.9 Å². The maximum atomic E-state index is 13.0. The Labute approximate surface area is 156 Å². The van der Waals surface area contributed by atoms with Crippen LogP contribution < -0.4 is 9.64 Å². The molecule has 3 aromatic carbocycles. The summed E-state index contributed by atoms with van der Waals surface area (Å²) in [7, 11) is 1.62. The third kappa shape index (κ3) is 4.12. The molecule has 136 valence electrons. The molecule has 1 amide bonds. The maximum absolute atomic E-state index is 13.0. The summed E-state index contributed by atoms with van der Waals surface area (Å²) in [6.45, 7) is 1.96. The molecule has 0 radical (unpaired) electrons. The van der Waals surface area contributed by atoms with E-state index in [2.05, 4.69) is 0 Å². The van der Waals surface area contributed by atoms with E-state index in [-0.39, 0.29) is 17.0 Å². The van der Waals surface area contributed by atoms with Crippen LogP contribution in [0.5, 0.6) is 11.5 Å². The van der Waals surface area contributed by atoms with Crippen molar-refractivity contribution >= 4 is 17.3 Å². The lowest BCUT2D eigenvalue weighted by Gasteiger charge is -2.19. The van der Waals surface area contributed by atoms with Gasteiger partial charge in [0.1, 0.15) is 11.5 Å². The number of aryl methyl sites for hydroxylation is 1. The van der Waals surface area contributed by atoms with Crippen molar-refractivity contribution in [3.8, 4) is 11.5 Å². The van der Waals surface area contributed by atoms with Gasteiger partial charge in [-0.2, -0.15) is 0 Å². The lowest BCUT2D eigenvalue weighted by molar-refractivity contribution is -0.384. The van der Waals surface area contributed by atoms with E-state index in [4.69, 9.17) is 4.74 Å². The molecule has 0 aliphatic carbocycles. The van der Waals surface area contributed by atoms with Crippen molar-refractivity contribution < 1.29 is 14.5 Å². The minimum absolute atomic E-state index is 0.121. The SMILES string of the molecule is Cc1ccc(N(C)C(=O)c2cc([N+](=O)[O-])ccc2Oc2ccccc2)cc1. The van der Waals surface area contributed by atoms with Gasteiger partial charge in [0.25, 0.3) is 11.6 Å². The van der Waals surface area contributed by atoms with E-state index in [9.17, 15) is 14.9 Å². The molecule has 0 saturated heterocycles. The van der Waals surface area contributed by atoms with E-state index in [1.165, 1.54) is 23.1 Å². The van der Waals surface area contributed by atoms with Gasteiger partial charge in [-0.3, -0.25) is 14.9 Å². The van der Waals surface area contributed by atoms with Crippen LogP contribution >= 0.6 is 0 Å². The van der Waals surface area contributed by atoms with Gasteiger partial charge in [-0.15, -0.1) is 0 Å². The summed E-state index contributed by atoms with van der Waals surface area (Å²) in [5, 5.41) is 11.2. The first kappa shape index (κ1) is 18.1. The fraction of sp³-hybridized carbons (Fsp3) is 0.0952. The van der Waals surface area contributed by atoms with Crippen molar-refractivity contribution in [1.29, 1.82) is 0 Å². The number of nitro groups is 1. The summed E-state index contributed by atoms with van der Waals surface area (Å²) in [5.41, 5.74) is 1.71. The molecule has 0 aromatic heterocycles. The van der Waals surface area contributed by atoms with Gasteiger partial charge in [0.2, 0.25) is 0 Å². The number of amides is 1. The zero-order chi connectivity index (χ0) is 19.4. The van der Waals surface area contributed by atoms with Gasteiger partial charge in [-0.1, -0.05) is 35.9 Å². The molecule has 0 fully saturated rings. The Hall–Kier alpha value is -3.67. The van der Waals surface area contributed by atoms with Crippen molar-refractivity contribution in [1.82, 2.24) is 0 Å². The zero-order valence-electron chi connectivity index (χ0n) is 15.0. The second-order valence-electron chi connectivity index (χ2n) is 6.05. The summed E-state index contributed by atoms with van der Waals surface area (Å²) in [6.07, 6.45) is 0. The fourth-order valence-corrected chi connectivity index (χ4v) is 2.57. The number of ether oxygens (including phenoxy) is 1. The normalized spacial score (nSPS) is 10.3. The molecule has 3 rings (SSSR count). The topological polar surface area (TPSA) is 72.7 Å². The predicted octanol–water partition coefficient (Wildman–Crippen LogP) is 4.97. The standard InChI is InChI=1S/C21H18N2O4/c1-15-8-10-16(11-9-15)22(2)21(24)19-14-17(23(25)26)12-13-20(19)27-18-6-4-3-5-7-18/h3-14H,1-2H3. The van der Waals surface area contributed by atoms with Crippen LogP contribution in [0.3, 0.4) is 0 Å². The molecule has 0 aliphatic heterocycles. The second-order valence-corrected chi connectivity index (χ2v) is 6.05. The number of benzene rings is 3. The summed E-state index contributed by atoms with van der Waals surface area (Å²) in [6, 6.07) is 20.4. The zero-order valence-corrected chi connectivity index (χ0v) is 15.0. The number of carbonyl (C=O) groups is 1. The third-order valence-electron chi connectivity index (χ3n) is 4.10. The Kier molecular flexibility index (Phi) is 5.17. The fourth-order valence-electron chi connectivity index (χ4n) is 2.57. The van der Waals surface area contributed by atoms with Crippen molar-refractivity contribution in [2.24, 2.45) is 0 Å². The largest absolute Gasteiger partial charge is 0.457 e. The van der Waals surface area contributed by atoms with Crippen LogP contribution in [-0.2, 0) is 0 Å². The first-order chi connectivity index (χ1) is 13.0. The van der Waals surface area contributed by atoms with Crippen molar-refractivity contribution in [2.45, 2.75) is 6.92 Å². The number of hydrogen-bond donors (Lipinski definition) is 0. The van der Waals surface area contributed by atoms with Crippen LogP contribution in [0.4, 0.5) is 11.4 Å². The van der Waals surface area contributed by atoms with Crippen molar-refractivity contribution in [2.75, 3.05) is 11.9 Å². The molecule has 6 nitrogen and oxygen atoms in total. The van der Waals surface area contributed by atoms with E-state index in [0.29, 0.717) is 11.4 Å². The minimum Gasteiger partial charge on any atom is -0.457 e. The molecule has 27 heavy (non-hydrogen) atoms. The number of non-ortho nitro benzene ring substituents is 1. The third-order valence-corrected chi connectivity index (χ3v) is 4.10. The van der Waals surface area contributed by atoms with Crippen LogP contribution in [0.15, 0.2) is 72.8 Å². The highest BCUT2D eigenvalue weighted by Gasteiger charge is 2.22. The number of rotatable bonds is 5. The number of para-hydroxylation sites is 1. The summed E-state index contributed by atoms with van der Waals surface area (Å²) >= 11 is 0. The summed E-state index contributed by atoms with van der Waals surface area (Å²) < 4.78 is 5.80. The molecule has 0 atom stereocenters. The molecule has 3 aromatic rings. The van der Waals surface area contributed by atoms with Crippen LogP contribution in [0.2, 0.25) is 0 Å². The molecule has 0 N–H and O–H groups in total. The monoisotopic (exact) mass is 362 g/mol. The Morgan fingerprint density at radius 3 is 2.30 bits per heavy atom. The van der Waals surface area contributed by atoms with Crippen molar-refractivity contribution in [3.05, 3.63) is 94.0 Å². The molecule has 0 saturated carbocycles. The maximum Gasteiger partial charge on any atom is 0.270 e. The Morgan fingerprint density at radius 1 is 1.00 bits per heavy atom. The first-order valence-corrected chi connectivity index (χ1v) is 8.32. The van der Waals surface area contributed by atoms with Gasteiger partial charge < -0.3 is 9.64 Å². The van der Waals surface area contributed by atoms with Gasteiger partial charge in [-0.05, 0) is 37.3 Å². The van der Waals surface area contributed by atoms with E-state index in [1.807, 2.05) is 37.3 Å². The smallest absolute Gasteiger partial charge is 0.270 e. The van der Waals surface area contributed by atoms with E-state index in [0.717, 1.165) is 5.56 Å². The van der Waals surface area contributed by atoms with Crippen LogP contribution in [0, 0.1) is 17.0 Å². The predicted molar refractivity (Wildman–Crippen MR) is 104 cm³/mol. The summed E-state index contributed by atoms with van der Waals surface area (Å²) in [4.78, 5) is 25.1. The van der Waals surface area contributed by atoms with Gasteiger partial charge in [0.15, 0.2) is 0 Å². The molecular weight excluding hydrogens is 344 g/mol. The number of carbonyl (C=O) groups excluding carboxylic acids is 1. The average molecular weight is 362 g/mol. The molecule has 6 heteroatoms. The quantitative estimate of drug-likeness (QED) is 0.474.